The van der Waals surface area contributed by atoms with Crippen LogP contribution in [0.3, 0.4) is 0 Å². The van der Waals surface area contributed by atoms with Gasteiger partial charge in [0.05, 0.1) is 0 Å². The van der Waals surface area contributed by atoms with E-state index in [9.17, 15) is 10.2 Å². The van der Waals surface area contributed by atoms with Gasteiger partial charge in [0.2, 0.25) is 0 Å². The van der Waals surface area contributed by atoms with Gasteiger partial charge >= 0.3 is 0 Å². The Balaban J connectivity index is 2.11. The average Bonchev–Trinajstić information content (AvgIpc) is 2.46. The fourth-order valence-corrected chi connectivity index (χ4v) is 3.67. The van der Waals surface area contributed by atoms with Crippen LogP contribution < -0.4 is 5.32 Å². The minimum atomic E-state index is -0.0389. The summed E-state index contributed by atoms with van der Waals surface area (Å²) in [6, 6.07) is 8.16. The fourth-order valence-electron chi connectivity index (χ4n) is 3.67. The molecule has 2 aromatic carbocycles. The van der Waals surface area contributed by atoms with Crippen molar-refractivity contribution in [2.24, 2.45) is 0 Å². The third kappa shape index (κ3) is 1.44. The highest BCUT2D eigenvalue weighted by molar-refractivity contribution is 5.84. The maximum Gasteiger partial charge on any atom is 0.165 e. The molecule has 3 heteroatoms. The first-order chi connectivity index (χ1) is 9.66. The van der Waals surface area contributed by atoms with E-state index in [0.717, 1.165) is 41.6 Å². The van der Waals surface area contributed by atoms with Gasteiger partial charge in [-0.3, -0.25) is 0 Å². The SMILES string of the molecule is Cc1ccc2c3c1-c1c(ccc(O)c1O)CC3NCC2. The molecule has 0 aromatic heterocycles. The molecule has 1 aliphatic heterocycles. The second-order valence-corrected chi connectivity index (χ2v) is 5.76. The van der Waals surface area contributed by atoms with Crippen LogP contribution in [0, 0.1) is 6.92 Å². The van der Waals surface area contributed by atoms with Gasteiger partial charge in [-0.1, -0.05) is 18.2 Å². The summed E-state index contributed by atoms with van der Waals surface area (Å²) in [6.07, 6.45) is 1.89. The highest BCUT2D eigenvalue weighted by atomic mass is 16.3. The monoisotopic (exact) mass is 267 g/mol. The summed E-state index contributed by atoms with van der Waals surface area (Å²) >= 11 is 0. The smallest absolute Gasteiger partial charge is 0.165 e. The summed E-state index contributed by atoms with van der Waals surface area (Å²) in [7, 11) is 0. The van der Waals surface area contributed by atoms with E-state index in [1.54, 1.807) is 6.07 Å². The Labute approximate surface area is 117 Å². The first-order valence-electron chi connectivity index (χ1n) is 7.06. The molecule has 0 bridgehead atoms. The normalized spacial score (nSPS) is 19.4. The number of aryl methyl sites for hydroxylation is 1. The van der Waals surface area contributed by atoms with Gasteiger partial charge in [-0.25, -0.2) is 0 Å². The molecule has 1 atom stereocenters. The Morgan fingerprint density at radius 3 is 2.70 bits per heavy atom. The topological polar surface area (TPSA) is 52.5 Å². The first kappa shape index (κ1) is 11.8. The Morgan fingerprint density at radius 2 is 1.85 bits per heavy atom. The number of hydrogen-bond donors (Lipinski definition) is 3. The molecule has 4 rings (SSSR count). The van der Waals surface area contributed by atoms with E-state index in [1.165, 1.54) is 11.1 Å². The summed E-state index contributed by atoms with van der Waals surface area (Å²) in [5.74, 6) is -0.0222. The molecule has 2 aromatic rings. The van der Waals surface area contributed by atoms with E-state index in [0.29, 0.717) is 6.04 Å². The fraction of sp³-hybridized carbons (Fsp3) is 0.294. The molecule has 0 saturated carbocycles. The Bertz CT molecular complexity index is 721. The molecule has 0 saturated heterocycles. The molecule has 1 heterocycles. The van der Waals surface area contributed by atoms with Gasteiger partial charge in [0, 0.05) is 11.6 Å². The van der Waals surface area contributed by atoms with Crippen molar-refractivity contribution in [2.45, 2.75) is 25.8 Å². The molecule has 0 radical (unpaired) electrons. The number of benzene rings is 2. The van der Waals surface area contributed by atoms with Crippen LogP contribution in [-0.4, -0.2) is 16.8 Å². The van der Waals surface area contributed by atoms with Crippen LogP contribution in [0.5, 0.6) is 11.5 Å². The summed E-state index contributed by atoms with van der Waals surface area (Å²) in [5, 5.41) is 23.7. The number of phenolic OH excluding ortho intramolecular Hbond substituents is 2. The third-order valence-corrected chi connectivity index (χ3v) is 4.59. The summed E-state index contributed by atoms with van der Waals surface area (Å²) in [4.78, 5) is 0. The summed E-state index contributed by atoms with van der Waals surface area (Å²) in [6.45, 7) is 3.07. The van der Waals surface area contributed by atoms with Crippen LogP contribution in [0.15, 0.2) is 24.3 Å². The zero-order chi connectivity index (χ0) is 13.9. The predicted molar refractivity (Wildman–Crippen MR) is 78.1 cm³/mol. The number of hydrogen-bond acceptors (Lipinski definition) is 3. The van der Waals surface area contributed by atoms with Crippen molar-refractivity contribution in [3.63, 3.8) is 0 Å². The summed E-state index contributed by atoms with van der Waals surface area (Å²) in [5.41, 5.74) is 6.85. The Hall–Kier alpha value is -2.00. The maximum absolute atomic E-state index is 10.3. The third-order valence-electron chi connectivity index (χ3n) is 4.59. The van der Waals surface area contributed by atoms with Gasteiger partial charge < -0.3 is 15.5 Å². The van der Waals surface area contributed by atoms with Gasteiger partial charge in [-0.2, -0.15) is 0 Å². The van der Waals surface area contributed by atoms with E-state index in [1.807, 2.05) is 6.07 Å². The van der Waals surface area contributed by atoms with Gasteiger partial charge in [-0.15, -0.1) is 0 Å². The minimum absolute atomic E-state index is 0.0167. The number of fused-ring (bicyclic) bond motifs is 2. The molecule has 0 fully saturated rings. The zero-order valence-corrected chi connectivity index (χ0v) is 11.4. The standard InChI is InChI=1S/C17H17NO2/c1-9-2-3-10-6-7-18-12-8-11-4-5-13(19)17(20)16(11)14(9)15(10)12/h2-5,12,18-20H,6-8H2,1H3. The molecule has 1 unspecified atom stereocenters. The van der Waals surface area contributed by atoms with Crippen molar-refractivity contribution in [3.8, 4) is 22.6 Å². The number of rotatable bonds is 0. The lowest BCUT2D eigenvalue weighted by molar-refractivity contribution is 0.403. The van der Waals surface area contributed by atoms with Crippen molar-refractivity contribution in [2.75, 3.05) is 6.54 Å². The van der Waals surface area contributed by atoms with Crippen molar-refractivity contribution < 1.29 is 10.2 Å². The van der Waals surface area contributed by atoms with Crippen LogP contribution in [0.25, 0.3) is 11.1 Å². The molecular weight excluding hydrogens is 250 g/mol. The van der Waals surface area contributed by atoms with Crippen LogP contribution in [-0.2, 0) is 12.8 Å². The van der Waals surface area contributed by atoms with E-state index in [-0.39, 0.29) is 11.5 Å². The highest BCUT2D eigenvalue weighted by Gasteiger charge is 2.32. The van der Waals surface area contributed by atoms with Crippen molar-refractivity contribution in [3.05, 3.63) is 46.5 Å². The summed E-state index contributed by atoms with van der Waals surface area (Å²) < 4.78 is 0. The number of nitrogens with one attached hydrogen (secondary N) is 1. The molecule has 1 aliphatic carbocycles. The lowest BCUT2D eigenvalue weighted by Crippen LogP contribution is -2.33. The van der Waals surface area contributed by atoms with E-state index in [2.05, 4.69) is 24.4 Å². The van der Waals surface area contributed by atoms with Gasteiger partial charge in [0.1, 0.15) is 0 Å². The second-order valence-electron chi connectivity index (χ2n) is 5.76. The Morgan fingerprint density at radius 1 is 1.05 bits per heavy atom. The predicted octanol–water partition coefficient (Wildman–Crippen LogP) is 2.82. The van der Waals surface area contributed by atoms with Gasteiger partial charge in [0.15, 0.2) is 11.5 Å². The van der Waals surface area contributed by atoms with E-state index >= 15 is 0 Å². The molecule has 20 heavy (non-hydrogen) atoms. The highest BCUT2D eigenvalue weighted by Crippen LogP contribution is 2.49. The molecular formula is C17H17NO2. The Kier molecular flexibility index (Phi) is 2.36. The zero-order valence-electron chi connectivity index (χ0n) is 11.4. The maximum atomic E-state index is 10.3. The largest absolute Gasteiger partial charge is 0.504 e. The molecule has 3 N–H and O–H groups in total. The van der Waals surface area contributed by atoms with Crippen LogP contribution >= 0.6 is 0 Å². The lowest BCUT2D eigenvalue weighted by atomic mass is 9.76. The number of phenols is 2. The second kappa shape index (κ2) is 4.00. The molecule has 0 spiro atoms. The molecule has 3 nitrogen and oxygen atoms in total. The van der Waals surface area contributed by atoms with Crippen LogP contribution in [0.2, 0.25) is 0 Å². The first-order valence-corrected chi connectivity index (χ1v) is 7.06. The molecule has 2 aliphatic rings. The minimum Gasteiger partial charge on any atom is -0.504 e. The van der Waals surface area contributed by atoms with Crippen molar-refractivity contribution in [1.82, 2.24) is 5.32 Å². The average molecular weight is 267 g/mol. The lowest BCUT2D eigenvalue weighted by Gasteiger charge is -2.35. The molecule has 102 valence electrons. The van der Waals surface area contributed by atoms with Crippen molar-refractivity contribution in [1.29, 1.82) is 0 Å². The van der Waals surface area contributed by atoms with Gasteiger partial charge in [0.25, 0.3) is 0 Å². The van der Waals surface area contributed by atoms with E-state index in [4.69, 9.17) is 0 Å². The van der Waals surface area contributed by atoms with E-state index < -0.39 is 0 Å². The molecule has 0 amide bonds. The van der Waals surface area contributed by atoms with Crippen LogP contribution in [0.4, 0.5) is 0 Å². The number of aromatic hydroxyl groups is 2. The van der Waals surface area contributed by atoms with Crippen LogP contribution in [0.1, 0.15) is 28.3 Å². The van der Waals surface area contributed by atoms with Crippen molar-refractivity contribution >= 4 is 0 Å². The quantitative estimate of drug-likeness (QED) is 0.643. The van der Waals surface area contributed by atoms with Gasteiger partial charge in [-0.05, 0) is 60.2 Å².